The Hall–Kier alpha value is -2.35. The number of benzene rings is 2. The number of anilines is 1. The summed E-state index contributed by atoms with van der Waals surface area (Å²) in [5.74, 6) is -0.764. The molecule has 148 valence electrons. The van der Waals surface area contributed by atoms with Crippen LogP contribution in [0.25, 0.3) is 6.08 Å². The molecule has 1 N–H and O–H groups in total. The molecular formula is C21H18ClN3O2S2. The number of thioether (sulfide) groups is 1. The number of nitrogens with zero attached hydrogens (tertiary/aromatic N) is 2. The largest absolute Gasteiger partial charge is 0.372 e. The molecule has 4 rings (SSSR count). The summed E-state index contributed by atoms with van der Waals surface area (Å²) in [4.78, 5) is 27.9. The van der Waals surface area contributed by atoms with Crippen LogP contribution in [0.4, 0.5) is 5.69 Å². The Morgan fingerprint density at radius 2 is 1.72 bits per heavy atom. The van der Waals surface area contributed by atoms with Crippen molar-refractivity contribution in [2.75, 3.05) is 18.0 Å². The van der Waals surface area contributed by atoms with Crippen molar-refractivity contribution in [1.82, 2.24) is 10.4 Å². The molecule has 2 aliphatic rings. The maximum Gasteiger partial charge on any atom is 0.285 e. The van der Waals surface area contributed by atoms with Crippen molar-refractivity contribution >= 4 is 63.5 Å². The lowest BCUT2D eigenvalue weighted by Gasteiger charge is -2.17. The Kier molecular flexibility index (Phi) is 5.89. The fraction of sp³-hybridized carbons (Fsp3) is 0.190. The summed E-state index contributed by atoms with van der Waals surface area (Å²) >= 11 is 12.3. The van der Waals surface area contributed by atoms with Crippen molar-refractivity contribution in [1.29, 1.82) is 0 Å². The van der Waals surface area contributed by atoms with Gasteiger partial charge in [-0.2, -0.15) is 5.01 Å². The number of rotatable bonds is 4. The lowest BCUT2D eigenvalue weighted by Crippen LogP contribution is -2.44. The maximum atomic E-state index is 12.7. The van der Waals surface area contributed by atoms with E-state index < -0.39 is 5.91 Å². The summed E-state index contributed by atoms with van der Waals surface area (Å²) in [6, 6.07) is 14.5. The standard InChI is InChI=1S/C21H18ClN3O2S2/c22-16-7-5-15(6-8-16)19(26)23-25-20(27)18(29-21(25)28)13-14-3-9-17(10-4-14)24-11-1-2-12-24/h3-10,13H,1-2,11-12H2,(H,23,26)/b18-13+. The van der Waals surface area contributed by atoms with Crippen LogP contribution in [0.1, 0.15) is 28.8 Å². The monoisotopic (exact) mass is 443 g/mol. The molecule has 2 aliphatic heterocycles. The van der Waals surface area contributed by atoms with Crippen molar-refractivity contribution in [3.8, 4) is 0 Å². The van der Waals surface area contributed by atoms with Crippen LogP contribution < -0.4 is 10.3 Å². The third-order valence-electron chi connectivity index (χ3n) is 4.78. The maximum absolute atomic E-state index is 12.7. The lowest BCUT2D eigenvalue weighted by molar-refractivity contribution is -0.123. The second-order valence-corrected chi connectivity index (χ2v) is 8.86. The molecule has 29 heavy (non-hydrogen) atoms. The molecule has 0 bridgehead atoms. The Labute approximate surface area is 183 Å². The fourth-order valence-corrected chi connectivity index (χ4v) is 4.54. The van der Waals surface area contributed by atoms with Gasteiger partial charge in [-0.1, -0.05) is 35.5 Å². The van der Waals surface area contributed by atoms with E-state index in [0.717, 1.165) is 23.7 Å². The van der Waals surface area contributed by atoms with Crippen LogP contribution in [-0.2, 0) is 4.79 Å². The summed E-state index contributed by atoms with van der Waals surface area (Å²) in [5.41, 5.74) is 5.07. The minimum atomic E-state index is -0.422. The molecule has 0 saturated carbocycles. The van der Waals surface area contributed by atoms with Gasteiger partial charge in [0.25, 0.3) is 11.8 Å². The van der Waals surface area contributed by atoms with Crippen molar-refractivity contribution in [2.24, 2.45) is 0 Å². The molecule has 2 heterocycles. The first-order valence-electron chi connectivity index (χ1n) is 9.21. The van der Waals surface area contributed by atoms with E-state index in [1.54, 1.807) is 30.3 Å². The number of hydrogen-bond donors (Lipinski definition) is 1. The number of hydrogen-bond acceptors (Lipinski definition) is 5. The molecule has 5 nitrogen and oxygen atoms in total. The van der Waals surface area contributed by atoms with Crippen LogP contribution in [-0.4, -0.2) is 34.2 Å². The zero-order valence-corrected chi connectivity index (χ0v) is 17.8. The normalized spacial score (nSPS) is 18.0. The van der Waals surface area contributed by atoms with Gasteiger partial charge >= 0.3 is 0 Å². The van der Waals surface area contributed by atoms with Crippen LogP contribution in [0.5, 0.6) is 0 Å². The highest BCUT2D eigenvalue weighted by molar-refractivity contribution is 8.26. The van der Waals surface area contributed by atoms with E-state index in [2.05, 4.69) is 22.5 Å². The topological polar surface area (TPSA) is 52.7 Å². The molecule has 2 amide bonds. The summed E-state index contributed by atoms with van der Waals surface area (Å²) in [7, 11) is 0. The average molecular weight is 444 g/mol. The van der Waals surface area contributed by atoms with Gasteiger partial charge in [0.2, 0.25) is 0 Å². The van der Waals surface area contributed by atoms with E-state index in [1.165, 1.54) is 30.3 Å². The van der Waals surface area contributed by atoms with Gasteiger partial charge in [0.15, 0.2) is 4.32 Å². The highest BCUT2D eigenvalue weighted by Gasteiger charge is 2.33. The third-order valence-corrected chi connectivity index (χ3v) is 6.33. The summed E-state index contributed by atoms with van der Waals surface area (Å²) < 4.78 is 0.289. The van der Waals surface area contributed by atoms with Gasteiger partial charge in [-0.15, -0.1) is 0 Å². The van der Waals surface area contributed by atoms with E-state index in [0.29, 0.717) is 15.5 Å². The zero-order chi connectivity index (χ0) is 20.4. The number of amides is 2. The number of nitrogens with one attached hydrogen (secondary N) is 1. The molecule has 0 aromatic heterocycles. The molecule has 2 fully saturated rings. The average Bonchev–Trinajstić information content (AvgIpc) is 3.34. The zero-order valence-electron chi connectivity index (χ0n) is 15.4. The second kappa shape index (κ2) is 8.57. The van der Waals surface area contributed by atoms with Gasteiger partial charge in [0.05, 0.1) is 4.91 Å². The van der Waals surface area contributed by atoms with Crippen LogP contribution >= 0.6 is 35.6 Å². The van der Waals surface area contributed by atoms with Crippen molar-refractivity contribution in [2.45, 2.75) is 12.8 Å². The Balaban J connectivity index is 1.45. The highest BCUT2D eigenvalue weighted by Crippen LogP contribution is 2.32. The molecule has 0 radical (unpaired) electrons. The van der Waals surface area contributed by atoms with Crippen molar-refractivity contribution in [3.05, 3.63) is 69.6 Å². The SMILES string of the molecule is O=C(NN1C(=O)/C(=C\c2ccc(N3CCCC3)cc2)SC1=S)c1ccc(Cl)cc1. The second-order valence-electron chi connectivity index (χ2n) is 6.75. The number of halogens is 1. The Bertz CT molecular complexity index is 984. The molecule has 8 heteroatoms. The summed E-state index contributed by atoms with van der Waals surface area (Å²) in [5, 5.41) is 1.65. The highest BCUT2D eigenvalue weighted by atomic mass is 35.5. The van der Waals surface area contributed by atoms with E-state index in [-0.39, 0.29) is 10.2 Å². The van der Waals surface area contributed by atoms with Crippen LogP contribution in [0.2, 0.25) is 5.02 Å². The van der Waals surface area contributed by atoms with Gasteiger partial charge in [-0.3, -0.25) is 15.0 Å². The molecule has 0 spiro atoms. The quantitative estimate of drug-likeness (QED) is 0.557. The van der Waals surface area contributed by atoms with E-state index in [1.807, 2.05) is 12.1 Å². The Morgan fingerprint density at radius 3 is 2.38 bits per heavy atom. The molecular weight excluding hydrogens is 426 g/mol. The van der Waals surface area contributed by atoms with Gasteiger partial charge in [-0.05, 0) is 73.1 Å². The van der Waals surface area contributed by atoms with Gasteiger partial charge < -0.3 is 4.90 Å². The number of hydrazine groups is 1. The van der Waals surface area contributed by atoms with Gasteiger partial charge in [-0.25, -0.2) is 0 Å². The number of thiocarbonyl (C=S) groups is 1. The van der Waals surface area contributed by atoms with Gasteiger partial charge in [0.1, 0.15) is 0 Å². The first-order valence-corrected chi connectivity index (χ1v) is 10.8. The van der Waals surface area contributed by atoms with Gasteiger partial charge in [0, 0.05) is 29.4 Å². The third kappa shape index (κ3) is 4.47. The minimum Gasteiger partial charge on any atom is -0.372 e. The first kappa shape index (κ1) is 19.9. The van der Waals surface area contributed by atoms with E-state index in [9.17, 15) is 9.59 Å². The smallest absolute Gasteiger partial charge is 0.285 e. The number of carbonyl (C=O) groups is 2. The van der Waals surface area contributed by atoms with Crippen LogP contribution in [0.15, 0.2) is 53.4 Å². The summed E-state index contributed by atoms with van der Waals surface area (Å²) in [6.45, 7) is 2.18. The van der Waals surface area contributed by atoms with Crippen LogP contribution in [0.3, 0.4) is 0 Å². The van der Waals surface area contributed by atoms with Crippen molar-refractivity contribution in [3.63, 3.8) is 0 Å². The molecule has 2 aromatic carbocycles. The number of carbonyl (C=O) groups excluding carboxylic acids is 2. The predicted molar refractivity (Wildman–Crippen MR) is 122 cm³/mol. The predicted octanol–water partition coefficient (Wildman–Crippen LogP) is 4.49. The molecule has 0 unspecified atom stereocenters. The molecule has 0 atom stereocenters. The lowest BCUT2D eigenvalue weighted by atomic mass is 10.2. The van der Waals surface area contributed by atoms with E-state index >= 15 is 0 Å². The van der Waals surface area contributed by atoms with E-state index in [4.69, 9.17) is 23.8 Å². The first-order chi connectivity index (χ1) is 14.0. The molecule has 2 aromatic rings. The van der Waals surface area contributed by atoms with Crippen LogP contribution in [0, 0.1) is 0 Å². The molecule has 2 saturated heterocycles. The Morgan fingerprint density at radius 1 is 1.07 bits per heavy atom. The molecule has 0 aliphatic carbocycles. The minimum absolute atomic E-state index is 0.289. The summed E-state index contributed by atoms with van der Waals surface area (Å²) in [6.07, 6.45) is 4.25. The fourth-order valence-electron chi connectivity index (χ4n) is 3.24. The van der Waals surface area contributed by atoms with Crippen molar-refractivity contribution < 1.29 is 9.59 Å².